The number of carbonyl (C=O) groups excluding carboxylic acids is 2. The van der Waals surface area contributed by atoms with Gasteiger partial charge < -0.3 is 19.3 Å². The number of aromatic nitrogens is 1. The Morgan fingerprint density at radius 3 is 2.40 bits per heavy atom. The number of rotatable bonds is 5. The van der Waals surface area contributed by atoms with Crippen molar-refractivity contribution in [3.05, 3.63) is 65.5 Å². The van der Waals surface area contributed by atoms with Crippen LogP contribution in [0, 0.1) is 5.92 Å². The molecule has 1 aromatic heterocycles. The summed E-state index contributed by atoms with van der Waals surface area (Å²) in [5.74, 6) is -0.823. The van der Waals surface area contributed by atoms with Crippen LogP contribution < -0.4 is 9.88 Å². The quantitative estimate of drug-likeness (QED) is 0.650. The minimum Gasteiger partial charge on any atom is -0.445 e. The van der Waals surface area contributed by atoms with Crippen molar-refractivity contribution in [1.29, 1.82) is 0 Å². The third kappa shape index (κ3) is 5.89. The molecule has 1 aromatic carbocycles. The summed E-state index contributed by atoms with van der Waals surface area (Å²) in [6.07, 6.45) is -2.59. The number of carbonyl (C=O) groups is 2. The molecule has 1 atom stereocenters. The molecular weight excluding hydrogens is 493 g/mol. The largest absolute Gasteiger partial charge is 0.573 e. The fourth-order valence-corrected chi connectivity index (χ4v) is 4.21. The van der Waals surface area contributed by atoms with Crippen molar-refractivity contribution < 1.29 is 40.7 Å². The van der Waals surface area contributed by atoms with E-state index >= 15 is 0 Å². The molecule has 2 N–H and O–H groups in total. The Labute approximate surface area is 197 Å². The zero-order valence-corrected chi connectivity index (χ0v) is 18.8. The van der Waals surface area contributed by atoms with E-state index in [0.717, 1.165) is 30.0 Å². The highest BCUT2D eigenvalue weighted by Crippen LogP contribution is 2.31. The Morgan fingerprint density at radius 1 is 1.11 bits per heavy atom. The number of pyridine rings is 1. The van der Waals surface area contributed by atoms with Gasteiger partial charge in [-0.1, -0.05) is 12.1 Å². The number of amides is 2. The summed E-state index contributed by atoms with van der Waals surface area (Å²) in [6.45, 7) is 0.788. The lowest BCUT2D eigenvalue weighted by Crippen LogP contribution is -2.33. The summed E-state index contributed by atoms with van der Waals surface area (Å²) in [7, 11) is -3.97. The lowest BCUT2D eigenvalue weighted by molar-refractivity contribution is -0.274. The number of halogens is 3. The smallest absolute Gasteiger partial charge is 0.445 e. The van der Waals surface area contributed by atoms with Crippen LogP contribution in [-0.2, 0) is 21.4 Å². The number of hydrogen-bond donors (Lipinski definition) is 1. The molecule has 4 rings (SSSR count). The first-order valence-corrected chi connectivity index (χ1v) is 11.7. The standard InChI is InChI=1S/C21H19F3N4O6S/c22-21(23,24)34-17-4-1-13(2-5-17)12-33-20(30)28-10-15-8-27(9-16(15)11-28)19(29)14-3-6-18(26-7-14)35(25,31)32/h1-8,16H,9-12H2,(H2,25,31,32)/t16-/m0/s1. The highest BCUT2D eigenvalue weighted by molar-refractivity contribution is 7.89. The molecule has 35 heavy (non-hydrogen) atoms. The fraction of sp³-hybridized carbons (Fsp3) is 0.286. The van der Waals surface area contributed by atoms with Crippen molar-refractivity contribution in [3.8, 4) is 5.75 Å². The van der Waals surface area contributed by atoms with Gasteiger partial charge in [0.25, 0.3) is 15.9 Å². The maximum atomic E-state index is 12.7. The molecule has 2 amide bonds. The average molecular weight is 512 g/mol. The van der Waals surface area contributed by atoms with Gasteiger partial charge in [-0.3, -0.25) is 4.79 Å². The first kappa shape index (κ1) is 24.5. The number of sulfonamides is 1. The molecule has 2 aliphatic heterocycles. The van der Waals surface area contributed by atoms with Crippen molar-refractivity contribution in [1.82, 2.24) is 14.8 Å². The Balaban J connectivity index is 1.30. The highest BCUT2D eigenvalue weighted by Gasteiger charge is 2.38. The topological polar surface area (TPSA) is 132 Å². The Morgan fingerprint density at radius 2 is 1.83 bits per heavy atom. The van der Waals surface area contributed by atoms with E-state index in [2.05, 4.69) is 9.72 Å². The average Bonchev–Trinajstić information content (AvgIpc) is 3.36. The van der Waals surface area contributed by atoms with E-state index in [1.807, 2.05) is 0 Å². The van der Waals surface area contributed by atoms with Crippen LogP contribution in [0.1, 0.15) is 15.9 Å². The van der Waals surface area contributed by atoms with Gasteiger partial charge >= 0.3 is 12.5 Å². The summed E-state index contributed by atoms with van der Waals surface area (Å²) in [6, 6.07) is 7.47. The third-order valence-corrected chi connectivity index (χ3v) is 6.21. The van der Waals surface area contributed by atoms with E-state index in [1.165, 1.54) is 28.0 Å². The van der Waals surface area contributed by atoms with Crippen molar-refractivity contribution in [3.63, 3.8) is 0 Å². The Bertz CT molecular complexity index is 1260. The lowest BCUT2D eigenvalue weighted by Gasteiger charge is -2.19. The van der Waals surface area contributed by atoms with Crippen LogP contribution in [0.4, 0.5) is 18.0 Å². The summed E-state index contributed by atoms with van der Waals surface area (Å²) < 4.78 is 68.3. The maximum absolute atomic E-state index is 12.7. The molecule has 0 radical (unpaired) electrons. The van der Waals surface area contributed by atoms with Crippen molar-refractivity contribution >= 4 is 22.0 Å². The molecular formula is C21H19F3N4O6S. The van der Waals surface area contributed by atoms with Gasteiger partial charge in [-0.25, -0.2) is 23.3 Å². The predicted molar refractivity (Wildman–Crippen MR) is 113 cm³/mol. The van der Waals surface area contributed by atoms with Crippen LogP contribution in [0.3, 0.4) is 0 Å². The van der Waals surface area contributed by atoms with Gasteiger partial charge in [0.2, 0.25) is 0 Å². The van der Waals surface area contributed by atoms with Crippen molar-refractivity contribution in [2.45, 2.75) is 18.0 Å². The van der Waals surface area contributed by atoms with Crippen LogP contribution in [0.25, 0.3) is 0 Å². The van der Waals surface area contributed by atoms with E-state index in [0.29, 0.717) is 18.7 Å². The summed E-state index contributed by atoms with van der Waals surface area (Å²) >= 11 is 0. The lowest BCUT2D eigenvalue weighted by atomic mass is 10.1. The number of nitrogens with two attached hydrogens (primary N) is 1. The molecule has 14 heteroatoms. The van der Waals surface area contributed by atoms with Gasteiger partial charge in [0, 0.05) is 37.9 Å². The Hall–Kier alpha value is -3.65. The number of fused-ring (bicyclic) bond motifs is 1. The van der Waals surface area contributed by atoms with E-state index in [9.17, 15) is 31.2 Å². The number of nitrogens with zero attached hydrogens (tertiary/aromatic N) is 3. The molecule has 3 heterocycles. The minimum atomic E-state index is -4.79. The molecule has 0 spiro atoms. The Kier molecular flexibility index (Phi) is 6.42. The first-order chi connectivity index (χ1) is 16.4. The molecule has 0 aliphatic carbocycles. The molecule has 0 bridgehead atoms. The maximum Gasteiger partial charge on any atom is 0.573 e. The monoisotopic (exact) mass is 512 g/mol. The second kappa shape index (κ2) is 9.19. The van der Waals surface area contributed by atoms with Crippen molar-refractivity contribution in [2.24, 2.45) is 11.1 Å². The summed E-state index contributed by atoms with van der Waals surface area (Å²) in [5, 5.41) is 4.66. The molecule has 1 saturated heterocycles. The van der Waals surface area contributed by atoms with Gasteiger partial charge in [0.15, 0.2) is 5.03 Å². The van der Waals surface area contributed by atoms with Gasteiger partial charge in [-0.15, -0.1) is 13.2 Å². The van der Waals surface area contributed by atoms with E-state index in [1.54, 1.807) is 6.20 Å². The van der Waals surface area contributed by atoms with Crippen LogP contribution in [-0.4, -0.2) is 61.2 Å². The minimum absolute atomic E-state index is 0.0815. The molecule has 0 saturated carbocycles. The van der Waals surface area contributed by atoms with Crippen LogP contribution in [0.5, 0.6) is 5.75 Å². The van der Waals surface area contributed by atoms with Crippen LogP contribution >= 0.6 is 0 Å². The number of likely N-dealkylation sites (tertiary alicyclic amines) is 1. The number of alkyl halides is 3. The summed E-state index contributed by atoms with van der Waals surface area (Å²) in [4.78, 5) is 31.8. The van der Waals surface area contributed by atoms with Gasteiger partial charge in [0.05, 0.1) is 5.56 Å². The highest BCUT2D eigenvalue weighted by atomic mass is 32.2. The number of hydrogen-bond acceptors (Lipinski definition) is 7. The molecule has 186 valence electrons. The predicted octanol–water partition coefficient (Wildman–Crippen LogP) is 2.24. The van der Waals surface area contributed by atoms with Crippen molar-refractivity contribution in [2.75, 3.05) is 19.6 Å². The second-order valence-corrected chi connectivity index (χ2v) is 9.42. The fourth-order valence-electron chi connectivity index (χ4n) is 3.75. The van der Waals surface area contributed by atoms with Gasteiger partial charge in [-0.05, 0) is 35.4 Å². The normalized spacial score (nSPS) is 17.7. The number of benzene rings is 1. The summed E-state index contributed by atoms with van der Waals surface area (Å²) in [5.41, 5.74) is 1.54. The molecule has 2 aliphatic rings. The number of primary sulfonamides is 1. The number of ether oxygens (including phenoxy) is 2. The zero-order chi connectivity index (χ0) is 25.4. The molecule has 0 unspecified atom stereocenters. The van der Waals surface area contributed by atoms with Gasteiger partial charge in [0.1, 0.15) is 12.4 Å². The molecule has 10 nitrogen and oxygen atoms in total. The van der Waals surface area contributed by atoms with E-state index in [-0.39, 0.29) is 41.3 Å². The van der Waals surface area contributed by atoms with Crippen LogP contribution in [0.2, 0.25) is 0 Å². The SMILES string of the molecule is NS(=O)(=O)c1ccc(C(=O)N2C=C3CN(C(=O)OCc4ccc(OC(F)(F)F)cc4)C[C@@H]3C2)cn1. The zero-order valence-electron chi connectivity index (χ0n) is 17.9. The van der Waals surface area contributed by atoms with E-state index in [4.69, 9.17) is 9.88 Å². The second-order valence-electron chi connectivity index (χ2n) is 7.92. The third-order valence-electron chi connectivity index (χ3n) is 5.39. The molecule has 1 fully saturated rings. The van der Waals surface area contributed by atoms with E-state index < -0.39 is 22.5 Å². The molecule has 2 aromatic rings. The first-order valence-electron chi connectivity index (χ1n) is 10.2. The van der Waals surface area contributed by atoms with Gasteiger partial charge in [-0.2, -0.15) is 0 Å². The van der Waals surface area contributed by atoms with Crippen LogP contribution in [0.15, 0.2) is 59.4 Å².